The van der Waals surface area contributed by atoms with E-state index in [1.54, 1.807) is 13.8 Å². The summed E-state index contributed by atoms with van der Waals surface area (Å²) in [5.74, 6) is -0.752. The second-order valence-corrected chi connectivity index (χ2v) is 4.83. The smallest absolute Gasteiger partial charge is 0.275 e. The van der Waals surface area contributed by atoms with Crippen LogP contribution < -0.4 is 0 Å². The molecule has 1 aliphatic heterocycles. The van der Waals surface area contributed by atoms with E-state index in [4.69, 9.17) is 0 Å². The van der Waals surface area contributed by atoms with Crippen LogP contribution in [0.3, 0.4) is 0 Å². The Bertz CT molecular complexity index is 275. The Labute approximate surface area is 65.7 Å². The summed E-state index contributed by atoms with van der Waals surface area (Å²) in [6.45, 7) is 3.17. The fourth-order valence-electron chi connectivity index (χ4n) is 1.13. The third kappa shape index (κ3) is 2.27. The Morgan fingerprint density at radius 3 is 2.36 bits per heavy atom. The first-order valence-corrected chi connectivity index (χ1v) is 4.83. The van der Waals surface area contributed by atoms with Gasteiger partial charge in [-0.2, -0.15) is 8.42 Å². The van der Waals surface area contributed by atoms with Crippen LogP contribution >= 0.6 is 0 Å². The van der Waals surface area contributed by atoms with Crippen molar-refractivity contribution in [2.75, 3.05) is 5.75 Å². The summed E-state index contributed by atoms with van der Waals surface area (Å²) >= 11 is 0. The summed E-state index contributed by atoms with van der Waals surface area (Å²) in [6.07, 6.45) is 0.173. The minimum atomic E-state index is -3.59. The lowest BCUT2D eigenvalue weighted by Crippen LogP contribution is -2.40. The molecule has 0 bridgehead atoms. The molecule has 0 aromatic rings. The first-order chi connectivity index (χ1) is 4.81. The number of Topliss-reactive ketones (excluding diaryl/α,β-unsaturated/α-hetero) is 1. The molecular formula is C6H10O4S. The molecule has 1 heterocycles. The number of hydrogen-bond donors (Lipinski definition) is 0. The zero-order valence-electron chi connectivity index (χ0n) is 6.46. The number of ketones is 1. The van der Waals surface area contributed by atoms with Crippen molar-refractivity contribution >= 4 is 15.9 Å². The van der Waals surface area contributed by atoms with Crippen molar-refractivity contribution in [3.8, 4) is 0 Å². The number of carbonyl (C=O) groups is 1. The van der Waals surface area contributed by atoms with Crippen LogP contribution in [0.25, 0.3) is 0 Å². The zero-order valence-corrected chi connectivity index (χ0v) is 7.27. The Balaban J connectivity index is 2.92. The van der Waals surface area contributed by atoms with E-state index in [0.717, 1.165) is 0 Å². The van der Waals surface area contributed by atoms with E-state index in [0.29, 0.717) is 0 Å². The van der Waals surface area contributed by atoms with Crippen molar-refractivity contribution in [2.24, 2.45) is 0 Å². The molecule has 1 aliphatic rings. The van der Waals surface area contributed by atoms with Crippen molar-refractivity contribution in [3.63, 3.8) is 0 Å². The minimum Gasteiger partial charge on any atom is -0.298 e. The second-order valence-electron chi connectivity index (χ2n) is 3.26. The third-order valence-corrected chi connectivity index (χ3v) is 2.69. The van der Waals surface area contributed by atoms with Crippen molar-refractivity contribution in [1.82, 2.24) is 0 Å². The fraction of sp³-hybridized carbons (Fsp3) is 0.833. The van der Waals surface area contributed by atoms with Crippen LogP contribution in [0.2, 0.25) is 0 Å². The molecule has 0 N–H and O–H groups in total. The van der Waals surface area contributed by atoms with Gasteiger partial charge in [0.05, 0.1) is 5.60 Å². The summed E-state index contributed by atoms with van der Waals surface area (Å²) in [4.78, 5) is 10.8. The van der Waals surface area contributed by atoms with E-state index >= 15 is 0 Å². The van der Waals surface area contributed by atoms with Crippen molar-refractivity contribution < 1.29 is 17.4 Å². The van der Waals surface area contributed by atoms with Gasteiger partial charge in [-0.3, -0.25) is 8.98 Å². The molecule has 0 unspecified atom stereocenters. The Morgan fingerprint density at radius 1 is 1.45 bits per heavy atom. The van der Waals surface area contributed by atoms with Gasteiger partial charge in [0.1, 0.15) is 5.75 Å². The summed E-state index contributed by atoms with van der Waals surface area (Å²) < 4.78 is 26.4. The Hall–Kier alpha value is -0.420. The topological polar surface area (TPSA) is 60.4 Å². The predicted octanol–water partition coefficient (Wildman–Crippen LogP) is 0.0842. The molecule has 0 aromatic carbocycles. The highest BCUT2D eigenvalue weighted by molar-refractivity contribution is 7.87. The van der Waals surface area contributed by atoms with E-state index in [1.165, 1.54) is 0 Å². The highest BCUT2D eigenvalue weighted by Gasteiger charge is 2.36. The van der Waals surface area contributed by atoms with Gasteiger partial charge in [-0.05, 0) is 13.8 Å². The lowest BCUT2D eigenvalue weighted by molar-refractivity contribution is -0.121. The van der Waals surface area contributed by atoms with Gasteiger partial charge in [0, 0.05) is 6.42 Å². The van der Waals surface area contributed by atoms with Crippen molar-refractivity contribution in [2.45, 2.75) is 25.9 Å². The van der Waals surface area contributed by atoms with Crippen LogP contribution in [0.15, 0.2) is 0 Å². The molecule has 0 saturated carbocycles. The lowest BCUT2D eigenvalue weighted by Gasteiger charge is -2.27. The van der Waals surface area contributed by atoms with Crippen LogP contribution in [0.5, 0.6) is 0 Å². The molecule has 1 saturated heterocycles. The molecule has 0 amide bonds. The lowest BCUT2D eigenvalue weighted by atomic mass is 10.0. The van der Waals surface area contributed by atoms with Gasteiger partial charge in [0.15, 0.2) is 5.78 Å². The second kappa shape index (κ2) is 2.28. The minimum absolute atomic E-state index is 0.173. The van der Waals surface area contributed by atoms with Crippen LogP contribution in [0.1, 0.15) is 20.3 Å². The highest BCUT2D eigenvalue weighted by atomic mass is 32.2. The summed E-state index contributed by atoms with van der Waals surface area (Å²) in [5.41, 5.74) is -0.853. The molecular weight excluding hydrogens is 168 g/mol. The van der Waals surface area contributed by atoms with Gasteiger partial charge in [-0.25, -0.2) is 0 Å². The Kier molecular flexibility index (Phi) is 1.80. The van der Waals surface area contributed by atoms with Crippen molar-refractivity contribution in [3.05, 3.63) is 0 Å². The standard InChI is InChI=1S/C6H10O4S/c1-6(2)3-5(7)4-11(8,9)10-6/h3-4H2,1-2H3. The third-order valence-electron chi connectivity index (χ3n) is 1.31. The van der Waals surface area contributed by atoms with Crippen LogP contribution in [-0.4, -0.2) is 25.6 Å². The van der Waals surface area contributed by atoms with Crippen LogP contribution in [0, 0.1) is 0 Å². The highest BCUT2D eigenvalue weighted by Crippen LogP contribution is 2.23. The van der Waals surface area contributed by atoms with Gasteiger partial charge in [0.25, 0.3) is 10.1 Å². The quantitative estimate of drug-likeness (QED) is 0.493. The monoisotopic (exact) mass is 178 g/mol. The summed E-state index contributed by atoms with van der Waals surface area (Å²) in [6, 6.07) is 0. The summed E-state index contributed by atoms with van der Waals surface area (Å²) in [5, 5.41) is 0. The number of carbonyl (C=O) groups excluding carboxylic acids is 1. The molecule has 0 aromatic heterocycles. The average molecular weight is 178 g/mol. The predicted molar refractivity (Wildman–Crippen MR) is 38.6 cm³/mol. The largest absolute Gasteiger partial charge is 0.298 e. The SMILES string of the molecule is CC1(C)CC(=O)CS(=O)(=O)O1. The maximum atomic E-state index is 10.8. The molecule has 64 valence electrons. The van der Waals surface area contributed by atoms with Gasteiger partial charge < -0.3 is 0 Å². The van der Waals surface area contributed by atoms with Gasteiger partial charge in [0.2, 0.25) is 0 Å². The van der Waals surface area contributed by atoms with Crippen LogP contribution in [0.4, 0.5) is 0 Å². The molecule has 4 nitrogen and oxygen atoms in total. The van der Waals surface area contributed by atoms with E-state index < -0.39 is 21.5 Å². The molecule has 1 rings (SSSR count). The Morgan fingerprint density at radius 2 is 2.00 bits per heavy atom. The maximum absolute atomic E-state index is 10.8. The average Bonchev–Trinajstić information content (AvgIpc) is 1.49. The first-order valence-electron chi connectivity index (χ1n) is 3.26. The van der Waals surface area contributed by atoms with E-state index in [-0.39, 0.29) is 12.2 Å². The van der Waals surface area contributed by atoms with Crippen LogP contribution in [-0.2, 0) is 19.1 Å². The molecule has 1 fully saturated rings. The molecule has 0 aliphatic carbocycles. The molecule has 5 heteroatoms. The van der Waals surface area contributed by atoms with Gasteiger partial charge >= 0.3 is 0 Å². The van der Waals surface area contributed by atoms with E-state index in [2.05, 4.69) is 4.18 Å². The normalized spacial score (nSPS) is 28.4. The van der Waals surface area contributed by atoms with Crippen molar-refractivity contribution in [1.29, 1.82) is 0 Å². The van der Waals surface area contributed by atoms with Gasteiger partial charge in [-0.15, -0.1) is 0 Å². The first kappa shape index (κ1) is 8.67. The molecule has 0 radical (unpaired) electrons. The molecule has 0 spiro atoms. The molecule has 0 atom stereocenters. The summed E-state index contributed by atoms with van der Waals surface area (Å²) in [7, 11) is -3.59. The maximum Gasteiger partial charge on any atom is 0.275 e. The van der Waals surface area contributed by atoms with E-state index in [1.807, 2.05) is 0 Å². The molecule has 11 heavy (non-hydrogen) atoms. The zero-order chi connectivity index (χ0) is 8.70. The van der Waals surface area contributed by atoms with Gasteiger partial charge in [-0.1, -0.05) is 0 Å². The fourth-order valence-corrected chi connectivity index (χ4v) is 2.43. The number of rotatable bonds is 0. The van der Waals surface area contributed by atoms with E-state index in [9.17, 15) is 13.2 Å². The number of hydrogen-bond acceptors (Lipinski definition) is 4.